The summed E-state index contributed by atoms with van der Waals surface area (Å²) in [5, 5.41) is 0. The molecule has 0 amide bonds. The highest BCUT2D eigenvalue weighted by Crippen LogP contribution is 2.39. The lowest BCUT2D eigenvalue weighted by Crippen LogP contribution is -2.54. The van der Waals surface area contributed by atoms with E-state index in [-0.39, 0.29) is 17.3 Å². The van der Waals surface area contributed by atoms with E-state index in [9.17, 15) is 8.42 Å². The first-order valence-corrected chi connectivity index (χ1v) is 7.89. The molecule has 1 saturated heterocycles. The predicted molar refractivity (Wildman–Crippen MR) is 64.6 cm³/mol. The quantitative estimate of drug-likeness (QED) is 0.810. The molecule has 2 rings (SSSR count). The van der Waals surface area contributed by atoms with Crippen molar-refractivity contribution < 1.29 is 8.42 Å². The molecule has 2 unspecified atom stereocenters. The third kappa shape index (κ3) is 2.00. The van der Waals surface area contributed by atoms with Crippen molar-refractivity contribution in [2.24, 2.45) is 5.73 Å². The molecule has 2 atom stereocenters. The number of nitrogens with two attached hydrogens (primary N) is 1. The van der Waals surface area contributed by atoms with Crippen LogP contribution in [0.2, 0.25) is 0 Å². The maximum absolute atomic E-state index is 12.1. The zero-order valence-electron chi connectivity index (χ0n) is 9.98. The number of hydrogen-bond donors (Lipinski definition) is 1. The molecule has 0 aromatic carbocycles. The van der Waals surface area contributed by atoms with E-state index in [0.717, 1.165) is 32.1 Å². The van der Waals surface area contributed by atoms with Gasteiger partial charge in [0.15, 0.2) is 0 Å². The van der Waals surface area contributed by atoms with E-state index >= 15 is 0 Å². The number of fused-ring (bicyclic) bond motifs is 1. The third-order valence-electron chi connectivity index (χ3n) is 4.00. The molecule has 0 spiro atoms. The molecule has 0 aromatic heterocycles. The van der Waals surface area contributed by atoms with Crippen LogP contribution in [-0.4, -0.2) is 36.6 Å². The van der Waals surface area contributed by atoms with Gasteiger partial charge in [0, 0.05) is 18.1 Å². The second-order valence-corrected chi connectivity index (χ2v) is 7.21. The normalized spacial score (nSPS) is 36.2. The Kier molecular flexibility index (Phi) is 3.29. The molecule has 1 saturated carbocycles. The Morgan fingerprint density at radius 3 is 2.81 bits per heavy atom. The Hall–Kier alpha value is -0.130. The average Bonchev–Trinajstić information content (AvgIpc) is 2.55. The highest BCUT2D eigenvalue weighted by molar-refractivity contribution is 7.89. The summed E-state index contributed by atoms with van der Waals surface area (Å²) in [6, 6.07) is 0.0674. The van der Waals surface area contributed by atoms with E-state index in [1.165, 1.54) is 0 Å². The summed E-state index contributed by atoms with van der Waals surface area (Å²) in [5.74, 6) is 0.263. The van der Waals surface area contributed by atoms with E-state index in [4.69, 9.17) is 5.73 Å². The summed E-state index contributed by atoms with van der Waals surface area (Å²) < 4.78 is 25.9. The molecule has 4 nitrogen and oxygen atoms in total. The molecule has 2 aliphatic rings. The lowest BCUT2D eigenvalue weighted by Gasteiger charge is -2.38. The molecular formula is C11H22N2O2S. The lowest BCUT2D eigenvalue weighted by molar-refractivity contribution is 0.222. The van der Waals surface area contributed by atoms with Crippen LogP contribution >= 0.6 is 0 Å². The molecule has 5 heteroatoms. The van der Waals surface area contributed by atoms with Crippen LogP contribution in [0.15, 0.2) is 0 Å². The fourth-order valence-electron chi connectivity index (χ4n) is 3.15. The van der Waals surface area contributed by atoms with Crippen molar-refractivity contribution in [3.63, 3.8) is 0 Å². The van der Waals surface area contributed by atoms with Crippen LogP contribution in [-0.2, 0) is 10.0 Å². The molecule has 94 valence electrons. The monoisotopic (exact) mass is 246 g/mol. The summed E-state index contributed by atoms with van der Waals surface area (Å²) >= 11 is 0. The summed E-state index contributed by atoms with van der Waals surface area (Å²) in [5.41, 5.74) is 6.10. The van der Waals surface area contributed by atoms with Gasteiger partial charge >= 0.3 is 0 Å². The van der Waals surface area contributed by atoms with Crippen molar-refractivity contribution in [2.75, 3.05) is 12.3 Å². The van der Waals surface area contributed by atoms with Crippen LogP contribution in [0.1, 0.15) is 45.4 Å². The molecule has 0 bridgehead atoms. The van der Waals surface area contributed by atoms with Gasteiger partial charge < -0.3 is 5.73 Å². The summed E-state index contributed by atoms with van der Waals surface area (Å²) in [6.07, 6.45) is 5.70. The smallest absolute Gasteiger partial charge is 0.214 e. The zero-order valence-corrected chi connectivity index (χ0v) is 10.8. The molecule has 1 heterocycles. The van der Waals surface area contributed by atoms with Gasteiger partial charge in [-0.2, -0.15) is 4.31 Å². The topological polar surface area (TPSA) is 63.4 Å². The Morgan fingerprint density at radius 2 is 2.12 bits per heavy atom. The maximum atomic E-state index is 12.1. The second kappa shape index (κ2) is 4.27. The molecular weight excluding hydrogens is 224 g/mol. The Bertz CT molecular complexity index is 355. The van der Waals surface area contributed by atoms with E-state index in [0.29, 0.717) is 13.0 Å². The van der Waals surface area contributed by atoms with E-state index in [1.807, 2.05) is 6.92 Å². The Morgan fingerprint density at radius 1 is 1.38 bits per heavy atom. The molecule has 1 aliphatic carbocycles. The van der Waals surface area contributed by atoms with Gasteiger partial charge in [0.1, 0.15) is 0 Å². The van der Waals surface area contributed by atoms with Gasteiger partial charge in [0.25, 0.3) is 0 Å². The van der Waals surface area contributed by atoms with Crippen LogP contribution in [0, 0.1) is 0 Å². The van der Waals surface area contributed by atoms with Gasteiger partial charge in [0.05, 0.1) is 5.75 Å². The van der Waals surface area contributed by atoms with Crippen LogP contribution in [0.5, 0.6) is 0 Å². The minimum absolute atomic E-state index is 0.0674. The van der Waals surface area contributed by atoms with E-state index in [1.54, 1.807) is 4.31 Å². The van der Waals surface area contributed by atoms with Gasteiger partial charge in [0.2, 0.25) is 10.0 Å². The fraction of sp³-hybridized carbons (Fsp3) is 1.00. The predicted octanol–water partition coefficient (Wildman–Crippen LogP) is 1.07. The molecule has 0 radical (unpaired) electrons. The Balaban J connectivity index is 2.19. The van der Waals surface area contributed by atoms with Gasteiger partial charge in [-0.1, -0.05) is 19.8 Å². The second-order valence-electron chi connectivity index (χ2n) is 5.17. The largest absolute Gasteiger partial charge is 0.324 e. The molecule has 2 fully saturated rings. The SMILES string of the molecule is CCCS(=O)(=O)N1CCC2(N)CCCCC12. The van der Waals surface area contributed by atoms with Gasteiger partial charge in [-0.25, -0.2) is 8.42 Å². The standard InChI is InChI=1S/C11H22N2O2S/c1-2-9-16(14,15)13-8-7-11(12)6-4-3-5-10(11)13/h10H,2-9,12H2,1H3. The zero-order chi connectivity index (χ0) is 11.8. The lowest BCUT2D eigenvalue weighted by atomic mass is 9.79. The van der Waals surface area contributed by atoms with Crippen molar-refractivity contribution in [1.29, 1.82) is 0 Å². The van der Waals surface area contributed by atoms with Gasteiger partial charge in [-0.05, 0) is 25.7 Å². The maximum Gasteiger partial charge on any atom is 0.214 e. The van der Waals surface area contributed by atoms with Crippen LogP contribution in [0.25, 0.3) is 0 Å². The average molecular weight is 246 g/mol. The summed E-state index contributed by atoms with van der Waals surface area (Å²) in [7, 11) is -3.07. The third-order valence-corrected chi connectivity index (χ3v) is 6.07. The van der Waals surface area contributed by atoms with Crippen molar-refractivity contribution in [3.8, 4) is 0 Å². The first-order chi connectivity index (χ1) is 7.49. The van der Waals surface area contributed by atoms with Gasteiger partial charge in [-0.15, -0.1) is 0 Å². The van der Waals surface area contributed by atoms with Crippen LogP contribution in [0.3, 0.4) is 0 Å². The molecule has 1 aliphatic heterocycles. The van der Waals surface area contributed by atoms with Crippen LogP contribution < -0.4 is 5.73 Å². The molecule has 2 N–H and O–H groups in total. The number of nitrogens with zero attached hydrogens (tertiary/aromatic N) is 1. The van der Waals surface area contributed by atoms with Crippen molar-refractivity contribution >= 4 is 10.0 Å². The van der Waals surface area contributed by atoms with E-state index < -0.39 is 10.0 Å². The number of hydrogen-bond acceptors (Lipinski definition) is 3. The summed E-state index contributed by atoms with van der Waals surface area (Å²) in [4.78, 5) is 0. The van der Waals surface area contributed by atoms with E-state index in [2.05, 4.69) is 0 Å². The fourth-order valence-corrected chi connectivity index (χ4v) is 4.97. The van der Waals surface area contributed by atoms with Crippen molar-refractivity contribution in [3.05, 3.63) is 0 Å². The Labute approximate surface area is 98.2 Å². The molecule has 16 heavy (non-hydrogen) atoms. The number of sulfonamides is 1. The van der Waals surface area contributed by atoms with Crippen molar-refractivity contribution in [1.82, 2.24) is 4.31 Å². The first-order valence-electron chi connectivity index (χ1n) is 6.28. The highest BCUT2D eigenvalue weighted by Gasteiger charge is 2.49. The van der Waals surface area contributed by atoms with Crippen LogP contribution in [0.4, 0.5) is 0 Å². The minimum Gasteiger partial charge on any atom is -0.324 e. The highest BCUT2D eigenvalue weighted by atomic mass is 32.2. The minimum atomic E-state index is -3.07. The summed E-state index contributed by atoms with van der Waals surface area (Å²) in [6.45, 7) is 2.54. The van der Waals surface area contributed by atoms with Gasteiger partial charge in [-0.3, -0.25) is 0 Å². The van der Waals surface area contributed by atoms with Crippen molar-refractivity contribution in [2.45, 2.75) is 57.0 Å². The molecule has 0 aromatic rings. The number of rotatable bonds is 3. The first kappa shape index (κ1) is 12.3.